The van der Waals surface area contributed by atoms with Crippen LogP contribution in [0.25, 0.3) is 33.3 Å². The first-order valence-electron chi connectivity index (χ1n) is 6.42. The smallest absolute Gasteiger partial charge is 0.193 e. The van der Waals surface area contributed by atoms with E-state index in [1.807, 2.05) is 48.5 Å². The van der Waals surface area contributed by atoms with Crippen LogP contribution in [0.2, 0.25) is 0 Å². The van der Waals surface area contributed by atoms with Crippen molar-refractivity contribution in [3.05, 3.63) is 70.9 Å². The largest absolute Gasteiger partial charge is 0.454 e. The summed E-state index contributed by atoms with van der Waals surface area (Å²) in [5, 5.41) is 1.70. The van der Waals surface area contributed by atoms with Crippen molar-refractivity contribution in [2.24, 2.45) is 0 Å². The molecule has 3 heteroatoms. The zero-order valence-corrected chi connectivity index (χ0v) is 10.6. The highest BCUT2D eigenvalue weighted by atomic mass is 16.3. The number of aromatic nitrogens is 1. The molecule has 0 aliphatic heterocycles. The number of hydrogen-bond acceptors (Lipinski definition) is 2. The highest BCUT2D eigenvalue weighted by molar-refractivity contribution is 5.86. The molecule has 0 saturated heterocycles. The Morgan fingerprint density at radius 1 is 0.900 bits per heavy atom. The van der Waals surface area contributed by atoms with E-state index < -0.39 is 0 Å². The minimum Gasteiger partial charge on any atom is -0.454 e. The number of nitrogens with one attached hydrogen (secondary N) is 1. The molecule has 0 fully saturated rings. The van der Waals surface area contributed by atoms with Gasteiger partial charge in [0, 0.05) is 17.0 Å². The summed E-state index contributed by atoms with van der Waals surface area (Å²) < 4.78 is 5.83. The van der Waals surface area contributed by atoms with Crippen molar-refractivity contribution < 1.29 is 4.42 Å². The van der Waals surface area contributed by atoms with Crippen molar-refractivity contribution in [1.82, 2.24) is 4.98 Å². The van der Waals surface area contributed by atoms with Gasteiger partial charge < -0.3 is 9.40 Å². The summed E-state index contributed by atoms with van der Waals surface area (Å²) in [7, 11) is 0. The summed E-state index contributed by atoms with van der Waals surface area (Å²) in [6, 6.07) is 18.8. The van der Waals surface area contributed by atoms with E-state index in [0.717, 1.165) is 16.6 Å². The monoisotopic (exact) mass is 261 g/mol. The molecule has 96 valence electrons. The van der Waals surface area contributed by atoms with Gasteiger partial charge in [0.25, 0.3) is 0 Å². The van der Waals surface area contributed by atoms with Crippen LogP contribution in [0.5, 0.6) is 0 Å². The maximum atomic E-state index is 12.1. The van der Waals surface area contributed by atoms with E-state index in [9.17, 15) is 4.79 Å². The van der Waals surface area contributed by atoms with Crippen molar-refractivity contribution in [1.29, 1.82) is 0 Å². The standard InChI is InChI=1S/C17H11NO2/c19-15-10-17(20-16-8-4-2-6-12(15)16)14-9-11-5-1-3-7-13(11)18-14/h1-10,18H. The van der Waals surface area contributed by atoms with Gasteiger partial charge in [-0.3, -0.25) is 4.79 Å². The second kappa shape index (κ2) is 4.10. The molecule has 20 heavy (non-hydrogen) atoms. The van der Waals surface area contributed by atoms with Gasteiger partial charge in [0.2, 0.25) is 0 Å². The first kappa shape index (κ1) is 11.1. The zero-order valence-electron chi connectivity index (χ0n) is 10.6. The van der Waals surface area contributed by atoms with Crippen molar-refractivity contribution in [3.8, 4) is 11.5 Å². The van der Waals surface area contributed by atoms with Gasteiger partial charge in [0.1, 0.15) is 5.58 Å². The van der Waals surface area contributed by atoms with E-state index in [1.54, 1.807) is 6.07 Å². The lowest BCUT2D eigenvalue weighted by Crippen LogP contribution is -1.99. The zero-order chi connectivity index (χ0) is 13.5. The molecule has 0 spiro atoms. The van der Waals surface area contributed by atoms with E-state index in [0.29, 0.717) is 16.7 Å². The van der Waals surface area contributed by atoms with Crippen LogP contribution in [-0.4, -0.2) is 4.98 Å². The number of hydrogen-bond donors (Lipinski definition) is 1. The summed E-state index contributed by atoms with van der Waals surface area (Å²) >= 11 is 0. The second-order valence-electron chi connectivity index (χ2n) is 4.74. The molecular formula is C17H11NO2. The van der Waals surface area contributed by atoms with Crippen LogP contribution in [0.1, 0.15) is 0 Å². The maximum Gasteiger partial charge on any atom is 0.193 e. The van der Waals surface area contributed by atoms with Crippen molar-refractivity contribution in [2.75, 3.05) is 0 Å². The number of rotatable bonds is 1. The number of fused-ring (bicyclic) bond motifs is 2. The Hall–Kier alpha value is -2.81. The molecule has 1 N–H and O–H groups in total. The van der Waals surface area contributed by atoms with Gasteiger partial charge in [0.15, 0.2) is 11.2 Å². The second-order valence-corrected chi connectivity index (χ2v) is 4.74. The van der Waals surface area contributed by atoms with Gasteiger partial charge >= 0.3 is 0 Å². The number of aromatic amines is 1. The molecule has 4 rings (SSSR count). The molecule has 0 bridgehead atoms. The molecule has 0 unspecified atom stereocenters. The summed E-state index contributed by atoms with van der Waals surface area (Å²) in [6.07, 6.45) is 0. The van der Waals surface area contributed by atoms with Gasteiger partial charge in [-0.1, -0.05) is 30.3 Å². The topological polar surface area (TPSA) is 46.0 Å². The first-order chi connectivity index (χ1) is 9.81. The summed E-state index contributed by atoms with van der Waals surface area (Å²) in [5.74, 6) is 0.560. The Morgan fingerprint density at radius 2 is 1.70 bits per heavy atom. The molecule has 4 aromatic rings. The third kappa shape index (κ3) is 1.64. The molecule has 0 saturated carbocycles. The predicted molar refractivity (Wildman–Crippen MR) is 79.8 cm³/mol. The summed E-state index contributed by atoms with van der Waals surface area (Å²) in [5.41, 5.74) is 2.42. The first-order valence-corrected chi connectivity index (χ1v) is 6.42. The average Bonchev–Trinajstić information content (AvgIpc) is 2.91. The van der Waals surface area contributed by atoms with Crippen LogP contribution in [-0.2, 0) is 0 Å². The third-order valence-electron chi connectivity index (χ3n) is 3.43. The molecule has 0 aliphatic carbocycles. The number of benzene rings is 2. The lowest BCUT2D eigenvalue weighted by Gasteiger charge is -2.00. The van der Waals surface area contributed by atoms with Crippen LogP contribution >= 0.6 is 0 Å². The quantitative estimate of drug-likeness (QED) is 0.564. The Kier molecular flexibility index (Phi) is 2.27. The average molecular weight is 261 g/mol. The molecule has 0 radical (unpaired) electrons. The fourth-order valence-electron chi connectivity index (χ4n) is 2.44. The third-order valence-corrected chi connectivity index (χ3v) is 3.43. The van der Waals surface area contributed by atoms with Gasteiger partial charge in [0.05, 0.1) is 11.1 Å². The van der Waals surface area contributed by atoms with Gasteiger partial charge in [-0.05, 0) is 24.3 Å². The predicted octanol–water partition coefficient (Wildman–Crippen LogP) is 3.94. The van der Waals surface area contributed by atoms with Crippen molar-refractivity contribution >= 4 is 21.9 Å². The molecule has 2 aromatic carbocycles. The highest BCUT2D eigenvalue weighted by Gasteiger charge is 2.08. The van der Waals surface area contributed by atoms with Crippen LogP contribution in [0, 0.1) is 0 Å². The van der Waals surface area contributed by atoms with Crippen LogP contribution < -0.4 is 5.43 Å². The minimum atomic E-state index is -0.0273. The number of H-pyrrole nitrogens is 1. The molecule has 0 aliphatic rings. The van der Waals surface area contributed by atoms with E-state index in [4.69, 9.17) is 4.42 Å². The Balaban J connectivity index is 1.99. The van der Waals surface area contributed by atoms with Crippen molar-refractivity contribution in [2.45, 2.75) is 0 Å². The van der Waals surface area contributed by atoms with E-state index in [2.05, 4.69) is 4.98 Å². The summed E-state index contributed by atoms with van der Waals surface area (Å²) in [6.45, 7) is 0. The van der Waals surface area contributed by atoms with Crippen LogP contribution in [0.3, 0.4) is 0 Å². The molecular weight excluding hydrogens is 250 g/mol. The normalized spacial score (nSPS) is 11.2. The lowest BCUT2D eigenvalue weighted by atomic mass is 10.2. The van der Waals surface area contributed by atoms with E-state index in [1.165, 1.54) is 6.07 Å². The molecule has 0 amide bonds. The molecule has 2 heterocycles. The molecule has 0 atom stereocenters. The van der Waals surface area contributed by atoms with Crippen LogP contribution in [0.4, 0.5) is 0 Å². The lowest BCUT2D eigenvalue weighted by molar-refractivity contribution is 0.617. The van der Waals surface area contributed by atoms with Crippen molar-refractivity contribution in [3.63, 3.8) is 0 Å². The Morgan fingerprint density at radius 3 is 2.60 bits per heavy atom. The fraction of sp³-hybridized carbons (Fsp3) is 0. The highest BCUT2D eigenvalue weighted by Crippen LogP contribution is 2.25. The maximum absolute atomic E-state index is 12.1. The fourth-order valence-corrected chi connectivity index (χ4v) is 2.44. The molecule has 2 aromatic heterocycles. The Bertz CT molecular complexity index is 946. The van der Waals surface area contributed by atoms with Crippen LogP contribution in [0.15, 0.2) is 69.9 Å². The van der Waals surface area contributed by atoms with E-state index >= 15 is 0 Å². The van der Waals surface area contributed by atoms with Gasteiger partial charge in [-0.25, -0.2) is 0 Å². The number of para-hydroxylation sites is 2. The Labute approximate surface area is 114 Å². The summed E-state index contributed by atoms with van der Waals surface area (Å²) in [4.78, 5) is 15.4. The SMILES string of the molecule is O=c1cc(-c2cc3ccccc3[nH]2)oc2ccccc12. The van der Waals surface area contributed by atoms with Gasteiger partial charge in [-0.15, -0.1) is 0 Å². The van der Waals surface area contributed by atoms with E-state index in [-0.39, 0.29) is 5.43 Å². The van der Waals surface area contributed by atoms with Gasteiger partial charge in [-0.2, -0.15) is 0 Å². The molecule has 3 nitrogen and oxygen atoms in total. The minimum absolute atomic E-state index is 0.0273.